The van der Waals surface area contributed by atoms with Crippen molar-refractivity contribution in [3.63, 3.8) is 0 Å². The fraction of sp³-hybridized carbons (Fsp3) is 0.556. The normalized spacial score (nSPS) is 26.4. The van der Waals surface area contributed by atoms with Gasteiger partial charge in [0.15, 0.2) is 0 Å². The zero-order chi connectivity index (χ0) is 13.5. The Bertz CT molecular complexity index is 611. The van der Waals surface area contributed by atoms with Crippen LogP contribution >= 0.6 is 0 Å². The van der Waals surface area contributed by atoms with E-state index in [1.807, 2.05) is 0 Å². The highest BCUT2D eigenvalue weighted by atomic mass is 15.2. The lowest BCUT2D eigenvalue weighted by Gasteiger charge is -2.44. The minimum Gasteiger partial charge on any atom is -0.358 e. The monoisotopic (exact) mass is 268 g/mol. The molecule has 4 rings (SSSR count). The van der Waals surface area contributed by atoms with Crippen molar-refractivity contribution in [1.29, 1.82) is 0 Å². The van der Waals surface area contributed by atoms with Crippen molar-refractivity contribution in [2.45, 2.75) is 51.0 Å². The molecule has 2 aliphatic rings. The number of hydrogen-bond acceptors (Lipinski definition) is 1. The van der Waals surface area contributed by atoms with Crippen LogP contribution in [0.5, 0.6) is 0 Å². The molecule has 1 N–H and O–H groups in total. The molecule has 1 fully saturated rings. The van der Waals surface area contributed by atoms with Crippen LogP contribution in [0.2, 0.25) is 0 Å². The molecule has 0 saturated carbocycles. The van der Waals surface area contributed by atoms with Gasteiger partial charge in [-0.25, -0.2) is 0 Å². The molecular formula is C18H24N2. The Morgan fingerprint density at radius 1 is 1.25 bits per heavy atom. The number of fused-ring (bicyclic) bond motifs is 5. The summed E-state index contributed by atoms with van der Waals surface area (Å²) in [6.07, 6.45) is 6.60. The van der Waals surface area contributed by atoms with Gasteiger partial charge in [0, 0.05) is 28.6 Å². The molecule has 0 bridgehead atoms. The Hall–Kier alpha value is -1.28. The van der Waals surface area contributed by atoms with Crippen molar-refractivity contribution in [1.82, 2.24) is 9.88 Å². The van der Waals surface area contributed by atoms with Crippen LogP contribution in [0.3, 0.4) is 0 Å². The first kappa shape index (κ1) is 12.5. The standard InChI is InChI=1S/C18H24N2/c1-2-11-20-12-5-7-15-17(20)10-9-14-13-6-3-4-8-16(13)19-18(14)15/h3-4,6,8,15,17,19H,2,5,7,9-12H2,1H3/t15-,17+/m1/s1. The number of piperidine rings is 1. The second-order valence-electron chi connectivity index (χ2n) is 6.45. The highest BCUT2D eigenvalue weighted by molar-refractivity contribution is 5.85. The largest absolute Gasteiger partial charge is 0.358 e. The van der Waals surface area contributed by atoms with Crippen molar-refractivity contribution in [2.24, 2.45) is 0 Å². The van der Waals surface area contributed by atoms with Crippen molar-refractivity contribution in [3.05, 3.63) is 35.5 Å². The SMILES string of the molecule is CCCN1CCC[C@H]2c3[nH]c4ccccc4c3CC[C@@H]21. The number of hydrogen-bond donors (Lipinski definition) is 1. The summed E-state index contributed by atoms with van der Waals surface area (Å²) in [6, 6.07) is 9.62. The van der Waals surface area contributed by atoms with Crippen LogP contribution in [0.15, 0.2) is 24.3 Å². The molecule has 1 aliphatic carbocycles. The highest BCUT2D eigenvalue weighted by Crippen LogP contribution is 2.42. The number of nitrogens with one attached hydrogen (secondary N) is 1. The summed E-state index contributed by atoms with van der Waals surface area (Å²) in [4.78, 5) is 6.50. The van der Waals surface area contributed by atoms with Gasteiger partial charge in [-0.05, 0) is 56.8 Å². The average molecular weight is 268 g/mol. The molecule has 106 valence electrons. The van der Waals surface area contributed by atoms with E-state index in [9.17, 15) is 0 Å². The Balaban J connectivity index is 1.76. The van der Waals surface area contributed by atoms with Crippen molar-refractivity contribution in [2.75, 3.05) is 13.1 Å². The van der Waals surface area contributed by atoms with E-state index in [0.717, 1.165) is 12.0 Å². The first-order valence-electron chi connectivity index (χ1n) is 8.22. The third-order valence-electron chi connectivity index (χ3n) is 5.31. The molecule has 1 aromatic heterocycles. The van der Waals surface area contributed by atoms with E-state index in [4.69, 9.17) is 0 Å². The highest BCUT2D eigenvalue weighted by Gasteiger charge is 2.37. The molecular weight excluding hydrogens is 244 g/mol. The lowest BCUT2D eigenvalue weighted by atomic mass is 9.77. The Morgan fingerprint density at radius 3 is 3.05 bits per heavy atom. The number of aryl methyl sites for hydroxylation is 1. The third kappa shape index (κ3) is 1.81. The van der Waals surface area contributed by atoms with Gasteiger partial charge in [-0.3, -0.25) is 4.90 Å². The Labute approximate surface area is 121 Å². The smallest absolute Gasteiger partial charge is 0.0459 e. The van der Waals surface area contributed by atoms with Crippen LogP contribution in [0.25, 0.3) is 10.9 Å². The molecule has 0 radical (unpaired) electrons. The lowest BCUT2D eigenvalue weighted by molar-refractivity contribution is 0.111. The van der Waals surface area contributed by atoms with Crippen LogP contribution in [-0.2, 0) is 6.42 Å². The molecule has 1 aliphatic heterocycles. The van der Waals surface area contributed by atoms with Gasteiger partial charge in [0.05, 0.1) is 0 Å². The van der Waals surface area contributed by atoms with Crippen molar-refractivity contribution in [3.8, 4) is 0 Å². The lowest BCUT2D eigenvalue weighted by Crippen LogP contribution is -2.46. The number of likely N-dealkylation sites (tertiary alicyclic amines) is 1. The van der Waals surface area contributed by atoms with Gasteiger partial charge in [-0.1, -0.05) is 25.1 Å². The Kier molecular flexibility index (Phi) is 3.07. The predicted octanol–water partition coefficient (Wildman–Crippen LogP) is 4.07. The number of rotatable bonds is 2. The van der Waals surface area contributed by atoms with Gasteiger partial charge in [-0.2, -0.15) is 0 Å². The zero-order valence-corrected chi connectivity index (χ0v) is 12.4. The second-order valence-corrected chi connectivity index (χ2v) is 6.45. The molecule has 0 unspecified atom stereocenters. The molecule has 2 aromatic rings. The molecule has 1 aromatic carbocycles. The van der Waals surface area contributed by atoms with Gasteiger partial charge >= 0.3 is 0 Å². The summed E-state index contributed by atoms with van der Waals surface area (Å²) in [6.45, 7) is 4.89. The van der Waals surface area contributed by atoms with E-state index in [0.29, 0.717) is 0 Å². The number of nitrogens with zero attached hydrogens (tertiary/aromatic N) is 1. The number of H-pyrrole nitrogens is 1. The summed E-state index contributed by atoms with van der Waals surface area (Å²) < 4.78 is 0. The maximum atomic E-state index is 3.75. The number of aromatic nitrogens is 1. The minimum atomic E-state index is 0.742. The molecule has 2 heteroatoms. The van der Waals surface area contributed by atoms with Crippen LogP contribution in [-0.4, -0.2) is 29.0 Å². The van der Waals surface area contributed by atoms with Gasteiger partial charge < -0.3 is 4.98 Å². The van der Waals surface area contributed by atoms with E-state index in [1.165, 1.54) is 56.1 Å². The van der Waals surface area contributed by atoms with Gasteiger partial charge in [0.25, 0.3) is 0 Å². The molecule has 2 nitrogen and oxygen atoms in total. The molecule has 1 saturated heterocycles. The van der Waals surface area contributed by atoms with E-state index < -0.39 is 0 Å². The quantitative estimate of drug-likeness (QED) is 0.870. The van der Waals surface area contributed by atoms with E-state index >= 15 is 0 Å². The summed E-state index contributed by atoms with van der Waals surface area (Å²) in [7, 11) is 0. The zero-order valence-electron chi connectivity index (χ0n) is 12.4. The maximum absolute atomic E-state index is 3.75. The maximum Gasteiger partial charge on any atom is 0.0459 e. The fourth-order valence-electron chi connectivity index (χ4n) is 4.51. The first-order chi connectivity index (χ1) is 9.88. The van der Waals surface area contributed by atoms with Gasteiger partial charge in [0.2, 0.25) is 0 Å². The van der Waals surface area contributed by atoms with Crippen LogP contribution in [0.4, 0.5) is 0 Å². The number of para-hydroxylation sites is 1. The van der Waals surface area contributed by atoms with Crippen LogP contribution in [0, 0.1) is 0 Å². The van der Waals surface area contributed by atoms with Gasteiger partial charge in [0.1, 0.15) is 0 Å². The van der Waals surface area contributed by atoms with Crippen molar-refractivity contribution >= 4 is 10.9 Å². The molecule has 2 atom stereocenters. The molecule has 0 amide bonds. The number of aromatic amines is 1. The summed E-state index contributed by atoms with van der Waals surface area (Å²) in [5.74, 6) is 0.742. The van der Waals surface area contributed by atoms with Gasteiger partial charge in [-0.15, -0.1) is 0 Å². The number of benzene rings is 1. The second kappa shape index (κ2) is 4.92. The third-order valence-corrected chi connectivity index (χ3v) is 5.31. The Morgan fingerprint density at radius 2 is 2.15 bits per heavy atom. The molecule has 20 heavy (non-hydrogen) atoms. The minimum absolute atomic E-state index is 0.742. The van der Waals surface area contributed by atoms with Crippen LogP contribution < -0.4 is 0 Å². The summed E-state index contributed by atoms with van der Waals surface area (Å²) in [5.41, 5.74) is 4.51. The van der Waals surface area contributed by atoms with Crippen LogP contribution in [0.1, 0.15) is 49.8 Å². The van der Waals surface area contributed by atoms with E-state index in [2.05, 4.69) is 41.1 Å². The van der Waals surface area contributed by atoms with E-state index in [-0.39, 0.29) is 0 Å². The van der Waals surface area contributed by atoms with Crippen molar-refractivity contribution < 1.29 is 0 Å². The fourth-order valence-corrected chi connectivity index (χ4v) is 4.51. The summed E-state index contributed by atoms with van der Waals surface area (Å²) in [5, 5.41) is 1.47. The predicted molar refractivity (Wildman–Crippen MR) is 84.2 cm³/mol. The topological polar surface area (TPSA) is 19.0 Å². The average Bonchev–Trinajstić information content (AvgIpc) is 2.87. The molecule has 0 spiro atoms. The summed E-state index contributed by atoms with van der Waals surface area (Å²) >= 11 is 0. The van der Waals surface area contributed by atoms with E-state index in [1.54, 1.807) is 11.3 Å². The molecule has 2 heterocycles. The first-order valence-corrected chi connectivity index (χ1v) is 8.22.